The number of amides is 2. The van der Waals surface area contributed by atoms with E-state index in [0.29, 0.717) is 11.4 Å². The van der Waals surface area contributed by atoms with Gasteiger partial charge in [-0.25, -0.2) is 0 Å². The summed E-state index contributed by atoms with van der Waals surface area (Å²) in [7, 11) is 1.52. The Hall–Kier alpha value is -3.53. The molecule has 33 heavy (non-hydrogen) atoms. The minimum atomic E-state index is -4.80. The zero-order valence-electron chi connectivity index (χ0n) is 17.3. The highest BCUT2D eigenvalue weighted by Crippen LogP contribution is 2.53. The molecule has 1 N–H and O–H groups in total. The molecule has 3 heterocycles. The van der Waals surface area contributed by atoms with E-state index in [4.69, 9.17) is 9.47 Å². The topological polar surface area (TPSA) is 77.1 Å². The molecule has 0 aliphatic carbocycles. The van der Waals surface area contributed by atoms with Gasteiger partial charge in [0.25, 0.3) is 0 Å². The summed E-state index contributed by atoms with van der Waals surface area (Å²) >= 11 is 0. The number of fused-ring (bicyclic) bond motifs is 1. The Bertz CT molecular complexity index is 1130. The van der Waals surface area contributed by atoms with Crippen LogP contribution in [0.5, 0.6) is 11.5 Å². The molecule has 0 aromatic heterocycles. The van der Waals surface area contributed by atoms with Gasteiger partial charge in [0.1, 0.15) is 17.1 Å². The first-order valence-corrected chi connectivity index (χ1v) is 10.2. The SMILES string of the molecule is COc1ccccc1N1C[C@@]23C=C[C@@H](O2)[C@H](C(=O)Nc2ccc(OC(F)(F)F)cc2)[C@@H]3C1=O. The number of hydrogen-bond donors (Lipinski definition) is 1. The number of carbonyl (C=O) groups is 2. The van der Waals surface area contributed by atoms with Crippen molar-refractivity contribution in [1.29, 1.82) is 0 Å². The van der Waals surface area contributed by atoms with Crippen LogP contribution in [0.1, 0.15) is 0 Å². The second-order valence-corrected chi connectivity index (χ2v) is 8.06. The average Bonchev–Trinajstić information content (AvgIpc) is 3.42. The fourth-order valence-corrected chi connectivity index (χ4v) is 4.82. The Balaban J connectivity index is 1.36. The molecule has 3 aliphatic rings. The molecular weight excluding hydrogens is 441 g/mol. The third-order valence-corrected chi connectivity index (χ3v) is 6.13. The van der Waals surface area contributed by atoms with Gasteiger partial charge in [-0.15, -0.1) is 13.2 Å². The van der Waals surface area contributed by atoms with E-state index in [-0.39, 0.29) is 18.1 Å². The van der Waals surface area contributed by atoms with Gasteiger partial charge >= 0.3 is 6.36 Å². The number of methoxy groups -OCH3 is 1. The minimum Gasteiger partial charge on any atom is -0.495 e. The third kappa shape index (κ3) is 3.60. The van der Waals surface area contributed by atoms with Crippen LogP contribution in [0.3, 0.4) is 0 Å². The van der Waals surface area contributed by atoms with E-state index < -0.39 is 41.6 Å². The van der Waals surface area contributed by atoms with Gasteiger partial charge in [0.05, 0.1) is 37.3 Å². The summed E-state index contributed by atoms with van der Waals surface area (Å²) in [6.07, 6.45) is -1.75. The van der Waals surface area contributed by atoms with Crippen molar-refractivity contribution in [3.63, 3.8) is 0 Å². The zero-order chi connectivity index (χ0) is 23.4. The molecule has 0 unspecified atom stereocenters. The van der Waals surface area contributed by atoms with Gasteiger partial charge in [-0.3, -0.25) is 9.59 Å². The Morgan fingerprint density at radius 2 is 1.91 bits per heavy atom. The van der Waals surface area contributed by atoms with Crippen LogP contribution in [0.15, 0.2) is 60.7 Å². The molecule has 1 spiro atoms. The first kappa shape index (κ1) is 21.3. The molecular formula is C23H19F3N2O5. The number of ether oxygens (including phenoxy) is 3. The van der Waals surface area contributed by atoms with Crippen molar-refractivity contribution in [3.8, 4) is 11.5 Å². The van der Waals surface area contributed by atoms with E-state index in [0.717, 1.165) is 12.1 Å². The number of carbonyl (C=O) groups excluding carboxylic acids is 2. The molecule has 3 aliphatic heterocycles. The summed E-state index contributed by atoms with van der Waals surface area (Å²) < 4.78 is 52.4. The summed E-state index contributed by atoms with van der Waals surface area (Å²) in [6, 6.07) is 11.9. The third-order valence-electron chi connectivity index (χ3n) is 6.13. The smallest absolute Gasteiger partial charge is 0.495 e. The summed E-state index contributed by atoms with van der Waals surface area (Å²) in [5.74, 6) is -2.08. The van der Waals surface area contributed by atoms with Gasteiger partial charge in [-0.05, 0) is 36.4 Å². The lowest BCUT2D eigenvalue weighted by Gasteiger charge is -2.23. The average molecular weight is 460 g/mol. The van der Waals surface area contributed by atoms with Crippen LogP contribution >= 0.6 is 0 Å². The maximum Gasteiger partial charge on any atom is 0.573 e. The number of alkyl halides is 3. The Morgan fingerprint density at radius 1 is 1.18 bits per heavy atom. The van der Waals surface area contributed by atoms with Crippen LogP contribution in [0, 0.1) is 11.8 Å². The summed E-state index contributed by atoms with van der Waals surface area (Å²) in [4.78, 5) is 28.1. The maximum absolute atomic E-state index is 13.4. The fraction of sp³-hybridized carbons (Fsp3) is 0.304. The predicted octanol–water partition coefficient (Wildman–Crippen LogP) is 3.52. The van der Waals surface area contributed by atoms with Crippen LogP contribution in [-0.2, 0) is 14.3 Å². The summed E-state index contributed by atoms with van der Waals surface area (Å²) in [5.41, 5.74) is -0.0503. The summed E-state index contributed by atoms with van der Waals surface area (Å²) in [6.45, 7) is 0.247. The number of rotatable bonds is 5. The van der Waals surface area contributed by atoms with Crippen LogP contribution in [-0.4, -0.2) is 43.5 Å². The highest BCUT2D eigenvalue weighted by Gasteiger charge is 2.67. The van der Waals surface area contributed by atoms with Crippen molar-refractivity contribution in [2.75, 3.05) is 23.9 Å². The number of halogens is 3. The van der Waals surface area contributed by atoms with Crippen LogP contribution in [0.25, 0.3) is 0 Å². The van der Waals surface area contributed by atoms with E-state index in [2.05, 4.69) is 10.1 Å². The van der Waals surface area contributed by atoms with Crippen molar-refractivity contribution in [2.45, 2.75) is 18.1 Å². The first-order valence-electron chi connectivity index (χ1n) is 10.2. The maximum atomic E-state index is 13.4. The van der Waals surface area contributed by atoms with Crippen molar-refractivity contribution >= 4 is 23.2 Å². The Kier molecular flexibility index (Phi) is 4.86. The summed E-state index contributed by atoms with van der Waals surface area (Å²) in [5, 5.41) is 2.68. The molecule has 0 saturated carbocycles. The largest absolute Gasteiger partial charge is 0.573 e. The Labute approximate surface area is 186 Å². The number of para-hydroxylation sites is 2. The van der Waals surface area contributed by atoms with E-state index in [9.17, 15) is 22.8 Å². The number of anilines is 2. The van der Waals surface area contributed by atoms with Crippen molar-refractivity contribution in [1.82, 2.24) is 0 Å². The quantitative estimate of drug-likeness (QED) is 0.691. The second-order valence-electron chi connectivity index (χ2n) is 8.06. The van der Waals surface area contributed by atoms with Gasteiger partial charge in [-0.2, -0.15) is 0 Å². The van der Waals surface area contributed by atoms with Crippen LogP contribution < -0.4 is 19.7 Å². The molecule has 2 saturated heterocycles. The lowest BCUT2D eigenvalue weighted by molar-refractivity contribution is -0.274. The normalized spacial score (nSPS) is 27.6. The van der Waals surface area contributed by atoms with Gasteiger partial charge in [0, 0.05) is 5.69 Å². The van der Waals surface area contributed by atoms with Gasteiger partial charge in [-0.1, -0.05) is 24.3 Å². The van der Waals surface area contributed by atoms with E-state index in [1.807, 2.05) is 6.08 Å². The second kappa shape index (κ2) is 7.51. The molecule has 2 fully saturated rings. The fourth-order valence-electron chi connectivity index (χ4n) is 4.82. The molecule has 4 atom stereocenters. The monoisotopic (exact) mass is 460 g/mol. The lowest BCUT2D eigenvalue weighted by atomic mass is 9.77. The molecule has 5 rings (SSSR count). The van der Waals surface area contributed by atoms with Crippen molar-refractivity contribution < 1.29 is 37.0 Å². The minimum absolute atomic E-state index is 0.247. The molecule has 2 bridgehead atoms. The molecule has 10 heteroatoms. The van der Waals surface area contributed by atoms with Gasteiger partial charge in [0.2, 0.25) is 11.8 Å². The first-order chi connectivity index (χ1) is 15.7. The lowest BCUT2D eigenvalue weighted by Crippen LogP contribution is -2.41. The Morgan fingerprint density at radius 3 is 2.61 bits per heavy atom. The zero-order valence-corrected chi connectivity index (χ0v) is 17.3. The van der Waals surface area contributed by atoms with Gasteiger partial charge in [0.15, 0.2) is 0 Å². The van der Waals surface area contributed by atoms with Crippen molar-refractivity contribution in [3.05, 3.63) is 60.7 Å². The number of benzene rings is 2. The van der Waals surface area contributed by atoms with Crippen LogP contribution in [0.4, 0.5) is 24.5 Å². The molecule has 172 valence electrons. The number of nitrogens with zero attached hydrogens (tertiary/aromatic N) is 1. The molecule has 2 aromatic rings. The van der Waals surface area contributed by atoms with E-state index in [1.165, 1.54) is 19.2 Å². The molecule has 0 radical (unpaired) electrons. The van der Waals surface area contributed by atoms with Gasteiger partial charge < -0.3 is 24.4 Å². The standard InChI is InChI=1S/C23H19F3N2O5/c1-31-16-5-3-2-4-15(16)28-12-22-11-10-17(33-22)18(19(22)21(28)30)20(29)27-13-6-8-14(9-7-13)32-23(24,25)26/h2-11,17-19H,12H2,1H3,(H,27,29)/t17-,18+,19-,22-/m1/s1. The molecule has 7 nitrogen and oxygen atoms in total. The van der Waals surface area contributed by atoms with Crippen LogP contribution in [0.2, 0.25) is 0 Å². The molecule has 2 aromatic carbocycles. The number of nitrogens with one attached hydrogen (secondary N) is 1. The number of hydrogen-bond acceptors (Lipinski definition) is 5. The highest BCUT2D eigenvalue weighted by atomic mass is 19.4. The van der Waals surface area contributed by atoms with Crippen molar-refractivity contribution in [2.24, 2.45) is 11.8 Å². The van der Waals surface area contributed by atoms with E-state index in [1.54, 1.807) is 35.2 Å². The highest BCUT2D eigenvalue weighted by molar-refractivity contribution is 6.06. The van der Waals surface area contributed by atoms with E-state index >= 15 is 0 Å². The molecule has 2 amide bonds. The predicted molar refractivity (Wildman–Crippen MR) is 111 cm³/mol.